The van der Waals surface area contributed by atoms with Crippen LogP contribution in [0.2, 0.25) is 5.02 Å². The van der Waals surface area contributed by atoms with Crippen molar-refractivity contribution in [2.45, 2.75) is 0 Å². The average molecular weight is 180 g/mol. The second kappa shape index (κ2) is 2.64. The Morgan fingerprint density at radius 2 is 2.08 bits per heavy atom. The molecule has 0 aliphatic rings. The number of phenolic OH excluding ortho intramolecular Hbond substituents is 1. The molecule has 0 saturated carbocycles. The summed E-state index contributed by atoms with van der Waals surface area (Å²) in [7, 11) is 0. The third-order valence-electron chi connectivity index (χ3n) is 1.70. The smallest absolute Gasteiger partial charge is 0.134 e. The van der Waals surface area contributed by atoms with E-state index in [1.807, 2.05) is 6.07 Å². The normalized spacial score (nSPS) is 10.4. The molecule has 0 saturated heterocycles. The van der Waals surface area contributed by atoms with Gasteiger partial charge in [0.1, 0.15) is 5.75 Å². The van der Waals surface area contributed by atoms with Crippen LogP contribution < -0.4 is 0 Å². The standard InChI is InChI=1S/C9H6ClNO/c10-9-6-2-1-5-11-7(6)3-4-8(9)12/h1-5,12H. The summed E-state index contributed by atoms with van der Waals surface area (Å²) in [6, 6.07) is 6.88. The van der Waals surface area contributed by atoms with Gasteiger partial charge in [0.05, 0.1) is 10.5 Å². The molecule has 1 aromatic carbocycles. The van der Waals surface area contributed by atoms with E-state index in [1.54, 1.807) is 18.3 Å². The van der Waals surface area contributed by atoms with Crippen LogP contribution in [0.1, 0.15) is 0 Å². The highest BCUT2D eigenvalue weighted by Crippen LogP contribution is 2.30. The van der Waals surface area contributed by atoms with Gasteiger partial charge in [0, 0.05) is 11.6 Å². The second-order valence-corrected chi connectivity index (χ2v) is 2.85. The summed E-state index contributed by atoms with van der Waals surface area (Å²) in [5, 5.41) is 10.4. The number of nitrogens with zero attached hydrogens (tertiary/aromatic N) is 1. The summed E-state index contributed by atoms with van der Waals surface area (Å²) >= 11 is 5.84. The maximum absolute atomic E-state index is 9.26. The Hall–Kier alpha value is -1.28. The van der Waals surface area contributed by atoms with Crippen LogP contribution in [0.15, 0.2) is 30.5 Å². The molecule has 0 bridgehead atoms. The summed E-state index contributed by atoms with van der Waals surface area (Å²) in [6.07, 6.45) is 1.69. The van der Waals surface area contributed by atoms with Crippen LogP contribution in [0.5, 0.6) is 5.75 Å². The molecule has 0 amide bonds. The van der Waals surface area contributed by atoms with Crippen molar-refractivity contribution < 1.29 is 5.11 Å². The molecule has 1 aromatic heterocycles. The fraction of sp³-hybridized carbons (Fsp3) is 0. The minimum absolute atomic E-state index is 0.0946. The minimum Gasteiger partial charge on any atom is -0.506 e. The van der Waals surface area contributed by atoms with Gasteiger partial charge in [0.15, 0.2) is 0 Å². The van der Waals surface area contributed by atoms with E-state index in [0.717, 1.165) is 10.9 Å². The van der Waals surface area contributed by atoms with Gasteiger partial charge in [0.2, 0.25) is 0 Å². The molecule has 2 nitrogen and oxygen atoms in total. The highest BCUT2D eigenvalue weighted by Gasteiger charge is 2.02. The van der Waals surface area contributed by atoms with Crippen LogP contribution in [0.25, 0.3) is 10.9 Å². The number of aromatic nitrogens is 1. The molecule has 2 aromatic rings. The number of fused-ring (bicyclic) bond motifs is 1. The van der Waals surface area contributed by atoms with Crippen molar-refractivity contribution in [1.82, 2.24) is 4.98 Å². The monoisotopic (exact) mass is 179 g/mol. The number of aromatic hydroxyl groups is 1. The number of hydrogen-bond acceptors (Lipinski definition) is 2. The van der Waals surface area contributed by atoms with Crippen LogP contribution in [-0.2, 0) is 0 Å². The Balaban J connectivity index is 2.91. The third kappa shape index (κ3) is 1.01. The van der Waals surface area contributed by atoms with Crippen LogP contribution in [0.4, 0.5) is 0 Å². The molecular weight excluding hydrogens is 174 g/mol. The maximum atomic E-state index is 9.26. The lowest BCUT2D eigenvalue weighted by Crippen LogP contribution is -1.78. The van der Waals surface area contributed by atoms with Gasteiger partial charge >= 0.3 is 0 Å². The van der Waals surface area contributed by atoms with E-state index >= 15 is 0 Å². The molecule has 0 atom stereocenters. The van der Waals surface area contributed by atoms with Crippen molar-refractivity contribution in [3.8, 4) is 5.75 Å². The van der Waals surface area contributed by atoms with E-state index in [4.69, 9.17) is 11.6 Å². The summed E-state index contributed by atoms with van der Waals surface area (Å²) in [4.78, 5) is 4.09. The van der Waals surface area contributed by atoms with Crippen molar-refractivity contribution in [2.75, 3.05) is 0 Å². The van der Waals surface area contributed by atoms with Gasteiger partial charge in [-0.3, -0.25) is 4.98 Å². The van der Waals surface area contributed by atoms with E-state index in [2.05, 4.69) is 4.98 Å². The Kier molecular flexibility index (Phi) is 1.62. The highest BCUT2D eigenvalue weighted by molar-refractivity contribution is 6.36. The third-order valence-corrected chi connectivity index (χ3v) is 2.10. The van der Waals surface area contributed by atoms with E-state index in [1.165, 1.54) is 6.07 Å². The fourth-order valence-corrected chi connectivity index (χ4v) is 1.33. The van der Waals surface area contributed by atoms with Gasteiger partial charge in [-0.05, 0) is 24.3 Å². The molecule has 0 unspecified atom stereocenters. The number of pyridine rings is 1. The van der Waals surface area contributed by atoms with Gasteiger partial charge in [-0.2, -0.15) is 0 Å². The molecule has 0 fully saturated rings. The van der Waals surface area contributed by atoms with Crippen LogP contribution in [0, 0.1) is 0 Å². The molecule has 0 spiro atoms. The molecule has 2 rings (SSSR count). The van der Waals surface area contributed by atoms with Gasteiger partial charge in [0.25, 0.3) is 0 Å². The van der Waals surface area contributed by atoms with Gasteiger partial charge in [-0.15, -0.1) is 0 Å². The van der Waals surface area contributed by atoms with Crippen LogP contribution in [0.3, 0.4) is 0 Å². The van der Waals surface area contributed by atoms with Crippen molar-refractivity contribution in [3.63, 3.8) is 0 Å². The quantitative estimate of drug-likeness (QED) is 0.675. The summed E-state index contributed by atoms with van der Waals surface area (Å²) in [5.41, 5.74) is 0.792. The minimum atomic E-state index is 0.0946. The van der Waals surface area contributed by atoms with E-state index in [9.17, 15) is 5.11 Å². The SMILES string of the molecule is Oc1ccc2ncccc2c1Cl. The first-order valence-corrected chi connectivity index (χ1v) is 3.89. The topological polar surface area (TPSA) is 33.1 Å². The lowest BCUT2D eigenvalue weighted by molar-refractivity contribution is 0.476. The Morgan fingerprint density at radius 1 is 1.25 bits per heavy atom. The molecular formula is C9H6ClNO. The molecule has 12 heavy (non-hydrogen) atoms. The van der Waals surface area contributed by atoms with E-state index in [0.29, 0.717) is 5.02 Å². The molecule has 0 aliphatic carbocycles. The zero-order chi connectivity index (χ0) is 8.55. The number of phenols is 1. The average Bonchev–Trinajstić information content (AvgIpc) is 2.12. The highest BCUT2D eigenvalue weighted by atomic mass is 35.5. The number of rotatable bonds is 0. The van der Waals surface area contributed by atoms with Crippen LogP contribution >= 0.6 is 11.6 Å². The predicted molar refractivity (Wildman–Crippen MR) is 48.4 cm³/mol. The molecule has 0 radical (unpaired) electrons. The Morgan fingerprint density at radius 3 is 2.92 bits per heavy atom. The first-order chi connectivity index (χ1) is 5.79. The lowest BCUT2D eigenvalue weighted by atomic mass is 10.2. The van der Waals surface area contributed by atoms with Crippen molar-refractivity contribution >= 4 is 22.5 Å². The zero-order valence-corrected chi connectivity index (χ0v) is 6.92. The van der Waals surface area contributed by atoms with Gasteiger partial charge < -0.3 is 5.11 Å². The summed E-state index contributed by atoms with van der Waals surface area (Å²) < 4.78 is 0. The van der Waals surface area contributed by atoms with E-state index < -0.39 is 0 Å². The van der Waals surface area contributed by atoms with E-state index in [-0.39, 0.29) is 5.75 Å². The number of hydrogen-bond donors (Lipinski definition) is 1. The number of benzene rings is 1. The molecule has 0 aliphatic heterocycles. The van der Waals surface area contributed by atoms with Crippen molar-refractivity contribution in [3.05, 3.63) is 35.5 Å². The fourth-order valence-electron chi connectivity index (χ4n) is 1.10. The van der Waals surface area contributed by atoms with Gasteiger partial charge in [-0.25, -0.2) is 0 Å². The summed E-state index contributed by atoms with van der Waals surface area (Å²) in [6.45, 7) is 0. The first kappa shape index (κ1) is 7.37. The number of halogens is 1. The molecule has 1 N–H and O–H groups in total. The Labute approximate surface area is 74.4 Å². The van der Waals surface area contributed by atoms with Crippen molar-refractivity contribution in [2.24, 2.45) is 0 Å². The zero-order valence-electron chi connectivity index (χ0n) is 6.16. The maximum Gasteiger partial charge on any atom is 0.134 e. The second-order valence-electron chi connectivity index (χ2n) is 2.47. The molecule has 3 heteroatoms. The van der Waals surface area contributed by atoms with Crippen LogP contribution in [-0.4, -0.2) is 10.1 Å². The first-order valence-electron chi connectivity index (χ1n) is 3.51. The summed E-state index contributed by atoms with van der Waals surface area (Å²) in [5.74, 6) is 0.0946. The largest absolute Gasteiger partial charge is 0.506 e. The van der Waals surface area contributed by atoms with Gasteiger partial charge in [-0.1, -0.05) is 11.6 Å². The molecule has 60 valence electrons. The van der Waals surface area contributed by atoms with Crippen molar-refractivity contribution in [1.29, 1.82) is 0 Å². The molecule has 1 heterocycles. The predicted octanol–water partition coefficient (Wildman–Crippen LogP) is 2.59. The Bertz CT molecular complexity index is 428. The lowest BCUT2D eigenvalue weighted by Gasteiger charge is -2.00.